The van der Waals surface area contributed by atoms with E-state index in [2.05, 4.69) is 15.4 Å². The van der Waals surface area contributed by atoms with Crippen molar-refractivity contribution in [3.8, 4) is 5.75 Å². The number of carbonyl (C=O) groups excluding carboxylic acids is 3. The van der Waals surface area contributed by atoms with Gasteiger partial charge in [0.15, 0.2) is 18.9 Å². The first-order chi connectivity index (χ1) is 35.1. The summed E-state index contributed by atoms with van der Waals surface area (Å²) in [7, 11) is 1.31. The van der Waals surface area contributed by atoms with Gasteiger partial charge in [0, 0.05) is 26.4 Å². The van der Waals surface area contributed by atoms with Gasteiger partial charge in [-0.25, -0.2) is 4.79 Å². The van der Waals surface area contributed by atoms with Gasteiger partial charge in [-0.15, -0.1) is 0 Å². The van der Waals surface area contributed by atoms with Crippen LogP contribution < -0.4 is 10.6 Å². The molecule has 0 bridgehead atoms. The van der Waals surface area contributed by atoms with Crippen LogP contribution in [0.15, 0.2) is 18.2 Å². The second-order valence-electron chi connectivity index (χ2n) is 18.7. The highest BCUT2D eigenvalue weighted by Crippen LogP contribution is 2.39. The van der Waals surface area contributed by atoms with Crippen LogP contribution in [-0.2, 0) is 57.0 Å². The SMILES string of the molecule is COC(=O)CCCCCCCCO[C@@H]1OC(CO)[C@@H](OC2OC(CO)[C@H](O)C(O[C@]3(C(=O)O)CC(O)[C@@H](NC(C)=O)C(C(O)C(O)CO)O3)C2O)C(O[C@@H]2OC[C@@H](O)C(O)C2O)C1NC(=O)c1cc(C)ccc1O. The van der Waals surface area contributed by atoms with E-state index in [-0.39, 0.29) is 24.6 Å². The third kappa shape index (κ3) is 15.0. The molecule has 5 rings (SSSR count). The lowest BCUT2D eigenvalue weighted by Crippen LogP contribution is -2.71. The number of rotatable bonds is 25. The van der Waals surface area contributed by atoms with Crippen molar-refractivity contribution < 1.29 is 128 Å². The first-order valence-corrected chi connectivity index (χ1v) is 24.3. The van der Waals surface area contributed by atoms with Gasteiger partial charge in [-0.3, -0.25) is 14.4 Å². The summed E-state index contributed by atoms with van der Waals surface area (Å²) in [6, 6.07) is 0.881. The van der Waals surface area contributed by atoms with Gasteiger partial charge in [-0.1, -0.05) is 37.3 Å². The first-order valence-electron chi connectivity index (χ1n) is 24.3. The number of aliphatic hydroxyl groups is 11. The maximum atomic E-state index is 14.2. The number of amides is 2. The lowest BCUT2D eigenvalue weighted by atomic mass is 9.88. The van der Waals surface area contributed by atoms with Gasteiger partial charge in [0.2, 0.25) is 5.91 Å². The molecule has 1 aromatic carbocycles. The van der Waals surface area contributed by atoms with E-state index in [4.69, 9.17) is 37.9 Å². The van der Waals surface area contributed by atoms with Gasteiger partial charge in [-0.05, 0) is 31.9 Å². The van der Waals surface area contributed by atoms with E-state index in [1.807, 2.05) is 0 Å². The van der Waals surface area contributed by atoms with Crippen molar-refractivity contribution in [2.45, 2.75) is 187 Å². The van der Waals surface area contributed by atoms with E-state index in [0.717, 1.165) is 26.2 Å². The van der Waals surface area contributed by atoms with Crippen molar-refractivity contribution in [1.29, 1.82) is 0 Å². The van der Waals surface area contributed by atoms with Gasteiger partial charge < -0.3 is 120 Å². The molecule has 20 atom stereocenters. The van der Waals surface area contributed by atoms with Crippen LogP contribution in [-0.4, -0.2) is 252 Å². The number of esters is 1. The van der Waals surface area contributed by atoms with Crippen LogP contribution in [0.25, 0.3) is 0 Å². The Labute approximate surface area is 424 Å². The summed E-state index contributed by atoms with van der Waals surface area (Å²) >= 11 is 0. The van der Waals surface area contributed by atoms with Crippen molar-refractivity contribution in [3.63, 3.8) is 0 Å². The van der Waals surface area contributed by atoms with E-state index >= 15 is 0 Å². The third-order valence-corrected chi connectivity index (χ3v) is 13.2. The highest BCUT2D eigenvalue weighted by atomic mass is 16.8. The number of carboxylic acid groups (broad SMARTS) is 1. The number of unbranched alkanes of at least 4 members (excludes halogenated alkanes) is 5. The molecule has 13 unspecified atom stereocenters. The molecular formula is C46H72N2O26. The molecule has 0 aliphatic carbocycles. The minimum atomic E-state index is -3.16. The van der Waals surface area contributed by atoms with E-state index in [0.29, 0.717) is 24.8 Å². The number of aliphatic carboxylic acids is 1. The van der Waals surface area contributed by atoms with Crippen LogP contribution in [0.3, 0.4) is 0 Å². The molecule has 74 heavy (non-hydrogen) atoms. The number of ether oxygens (including phenoxy) is 9. The predicted molar refractivity (Wildman–Crippen MR) is 243 cm³/mol. The van der Waals surface area contributed by atoms with E-state index in [9.17, 15) is 85.6 Å². The monoisotopic (exact) mass is 1070 g/mol. The summed E-state index contributed by atoms with van der Waals surface area (Å²) in [6.45, 7) is -1.13. The highest BCUT2D eigenvalue weighted by molar-refractivity contribution is 5.97. The fraction of sp³-hybridized carbons (Fsp3) is 0.783. The number of benzene rings is 1. The number of aromatic hydroxyl groups is 1. The molecule has 28 nitrogen and oxygen atoms in total. The molecule has 0 saturated carbocycles. The maximum Gasteiger partial charge on any atom is 0.364 e. The van der Waals surface area contributed by atoms with Crippen molar-refractivity contribution in [1.82, 2.24) is 10.6 Å². The molecule has 4 fully saturated rings. The molecule has 422 valence electrons. The number of methoxy groups -OCH3 is 1. The van der Waals surface area contributed by atoms with Gasteiger partial charge in [0.25, 0.3) is 11.7 Å². The lowest BCUT2D eigenvalue weighted by Gasteiger charge is -2.51. The number of phenolic OH excluding ortho intramolecular Hbond substituents is 1. The molecule has 15 N–H and O–H groups in total. The molecule has 4 aliphatic heterocycles. The zero-order valence-corrected chi connectivity index (χ0v) is 41.0. The molecule has 28 heteroatoms. The minimum absolute atomic E-state index is 0.0389. The number of aliphatic hydroxyl groups excluding tert-OH is 11. The van der Waals surface area contributed by atoms with Crippen molar-refractivity contribution in [2.75, 3.05) is 40.1 Å². The summed E-state index contributed by atoms with van der Waals surface area (Å²) in [5.41, 5.74) is 0.299. The van der Waals surface area contributed by atoms with Gasteiger partial charge >= 0.3 is 11.9 Å². The number of aryl methyl sites for hydroxylation is 1. The molecule has 0 radical (unpaired) electrons. The Morgan fingerprint density at radius 2 is 1.42 bits per heavy atom. The lowest BCUT2D eigenvalue weighted by molar-refractivity contribution is -0.389. The standard InChI is InChI=1S/C46H72N2O26/c1-20-11-12-23(53)22(14-20)41(63)48-31-39(72-43-35(61)32(58)26(56)19-68-43)37(28(18-51)70-42(31)67-13-9-7-5-4-6-8-10-29(57)66-3)71-44-36(62)40(34(60)27(17-50)69-44)74-46(45(64)65)15-24(54)30(47-21(2)52)38(73-46)33(59)25(55)16-49/h11-12,14,24-28,30-40,42-44,49-51,53-56,58-62H,4-10,13,15-19H2,1-3H3,(H,47,52)(H,48,63)(H,64,65)/t24?,25?,26-,27?,28?,30-,31?,32?,33?,34+,35?,36?,37-,38?,39?,40?,42-,43+,44?,46+/m1/s1. The number of hydrogen-bond donors (Lipinski definition) is 15. The molecule has 4 aliphatic rings. The zero-order valence-electron chi connectivity index (χ0n) is 41.0. The number of carbonyl (C=O) groups is 4. The zero-order chi connectivity index (χ0) is 54.6. The predicted octanol–water partition coefficient (Wildman–Crippen LogP) is -5.38. The summed E-state index contributed by atoms with van der Waals surface area (Å²) in [5.74, 6) is -7.73. The normalized spacial score (nSPS) is 36.3. The van der Waals surface area contributed by atoms with Crippen LogP contribution in [0, 0.1) is 6.92 Å². The molecule has 0 aromatic heterocycles. The molecule has 2 amide bonds. The highest BCUT2D eigenvalue weighted by Gasteiger charge is 2.61. The Hall–Kier alpha value is -3.86. The largest absolute Gasteiger partial charge is 0.507 e. The first kappa shape index (κ1) is 61.0. The van der Waals surface area contributed by atoms with Crippen molar-refractivity contribution in [3.05, 3.63) is 29.3 Å². The average Bonchev–Trinajstić information content (AvgIpc) is 3.37. The molecule has 1 aromatic rings. The fourth-order valence-electron chi connectivity index (χ4n) is 9.10. The summed E-state index contributed by atoms with van der Waals surface area (Å²) in [5, 5.41) is 145. The quantitative estimate of drug-likeness (QED) is 0.0321. The number of nitrogens with one attached hydrogen (secondary N) is 2. The fourth-order valence-corrected chi connectivity index (χ4v) is 9.10. The van der Waals surface area contributed by atoms with Crippen LogP contribution in [0.4, 0.5) is 0 Å². The van der Waals surface area contributed by atoms with Crippen molar-refractivity contribution in [2.24, 2.45) is 0 Å². The topological polar surface area (TPSA) is 438 Å². The smallest absolute Gasteiger partial charge is 0.364 e. The summed E-state index contributed by atoms with van der Waals surface area (Å²) in [6.07, 6.45) is -30.1. The molecule has 4 saturated heterocycles. The van der Waals surface area contributed by atoms with Gasteiger partial charge in [0.1, 0.15) is 91.1 Å². The average molecular weight is 1070 g/mol. The molecule has 4 heterocycles. The maximum absolute atomic E-state index is 14.2. The third-order valence-electron chi connectivity index (χ3n) is 13.2. The Kier molecular flexibility index (Phi) is 23.1. The van der Waals surface area contributed by atoms with Crippen LogP contribution in [0.2, 0.25) is 0 Å². The van der Waals surface area contributed by atoms with Crippen LogP contribution in [0.5, 0.6) is 5.75 Å². The van der Waals surface area contributed by atoms with E-state index in [1.54, 1.807) is 6.92 Å². The Morgan fingerprint density at radius 1 is 0.770 bits per heavy atom. The number of hydrogen-bond acceptors (Lipinski definition) is 25. The number of phenols is 1. The summed E-state index contributed by atoms with van der Waals surface area (Å²) in [4.78, 5) is 50.9. The number of carboxylic acids is 1. The Balaban J connectivity index is 1.51. The van der Waals surface area contributed by atoms with Crippen LogP contribution >= 0.6 is 0 Å². The Morgan fingerprint density at radius 3 is 2.05 bits per heavy atom. The molecular weight excluding hydrogens is 996 g/mol. The minimum Gasteiger partial charge on any atom is -0.507 e. The summed E-state index contributed by atoms with van der Waals surface area (Å²) < 4.78 is 52.5. The van der Waals surface area contributed by atoms with Gasteiger partial charge in [-0.2, -0.15) is 0 Å². The van der Waals surface area contributed by atoms with Crippen molar-refractivity contribution >= 4 is 23.8 Å². The Bertz CT molecular complexity index is 1970. The van der Waals surface area contributed by atoms with E-state index < -0.39 is 179 Å². The van der Waals surface area contributed by atoms with Gasteiger partial charge in [0.05, 0.1) is 51.2 Å². The second kappa shape index (κ2) is 28.0. The second-order valence-corrected chi connectivity index (χ2v) is 18.7. The van der Waals surface area contributed by atoms with Crippen LogP contribution in [0.1, 0.15) is 74.2 Å². The molecule has 0 spiro atoms. The van der Waals surface area contributed by atoms with E-state index in [1.165, 1.54) is 25.3 Å².